The van der Waals surface area contributed by atoms with E-state index in [1.165, 1.54) is 42.5 Å². The molecular weight excluding hydrogens is 454 g/mol. The van der Waals surface area contributed by atoms with Crippen LogP contribution in [0, 0.1) is 11.2 Å². The zero-order valence-electron chi connectivity index (χ0n) is 18.7. The van der Waals surface area contributed by atoms with Gasteiger partial charge in [0.2, 0.25) is 0 Å². The van der Waals surface area contributed by atoms with Gasteiger partial charge in [0, 0.05) is 5.39 Å². The zero-order valence-corrected chi connectivity index (χ0v) is 18.7. The topological polar surface area (TPSA) is 75.6 Å². The van der Waals surface area contributed by atoms with Crippen molar-refractivity contribution in [2.75, 3.05) is 0 Å². The number of carbonyl (C=O) groups is 2. The zero-order chi connectivity index (χ0) is 25.3. The summed E-state index contributed by atoms with van der Waals surface area (Å²) in [5, 5.41) is 12.9. The summed E-state index contributed by atoms with van der Waals surface area (Å²) in [5.41, 5.74) is -1.17. The molecule has 9 heteroatoms. The van der Waals surface area contributed by atoms with E-state index in [0.29, 0.717) is 16.3 Å². The van der Waals surface area contributed by atoms with E-state index in [1.54, 1.807) is 20.8 Å². The molecule has 0 aliphatic heterocycles. The molecule has 0 saturated heterocycles. The standard InChI is InChI=1S/C25H23F4NO4/c1-24(2,3)21(23(32)33)30-22(31)19-10-6-15-12-17(26)9-11-18(15)20(19)34-13-14-4-7-16(8-5-14)25(27,28)29/h4-12,21H,13H2,1-3H3,(H,30,31)(H,32,33)/t21-/m1/s1. The van der Waals surface area contributed by atoms with E-state index < -0.39 is 40.9 Å². The Morgan fingerprint density at radius 1 is 1.00 bits per heavy atom. The van der Waals surface area contributed by atoms with Crippen LogP contribution in [0.15, 0.2) is 54.6 Å². The number of carboxylic acids is 1. The molecule has 180 valence electrons. The predicted molar refractivity (Wildman–Crippen MR) is 118 cm³/mol. The molecule has 0 saturated carbocycles. The Morgan fingerprint density at radius 2 is 1.65 bits per heavy atom. The van der Waals surface area contributed by atoms with Gasteiger partial charge in [-0.15, -0.1) is 0 Å². The lowest BCUT2D eigenvalue weighted by Crippen LogP contribution is -2.49. The van der Waals surface area contributed by atoms with Crippen LogP contribution in [-0.4, -0.2) is 23.0 Å². The third-order valence-corrected chi connectivity index (χ3v) is 5.23. The summed E-state index contributed by atoms with van der Waals surface area (Å²) in [7, 11) is 0. The van der Waals surface area contributed by atoms with Gasteiger partial charge in [0.25, 0.3) is 5.91 Å². The van der Waals surface area contributed by atoms with Gasteiger partial charge in [-0.25, -0.2) is 9.18 Å². The first kappa shape index (κ1) is 25.0. The molecule has 0 heterocycles. The molecule has 0 bridgehead atoms. The molecule has 1 atom stereocenters. The van der Waals surface area contributed by atoms with Crippen molar-refractivity contribution in [3.63, 3.8) is 0 Å². The highest BCUT2D eigenvalue weighted by Crippen LogP contribution is 2.33. The lowest BCUT2D eigenvalue weighted by molar-refractivity contribution is -0.142. The number of carboxylic acid groups (broad SMARTS) is 1. The Kier molecular flexibility index (Phi) is 6.86. The van der Waals surface area contributed by atoms with E-state index in [-0.39, 0.29) is 17.9 Å². The molecule has 0 unspecified atom stereocenters. The van der Waals surface area contributed by atoms with Gasteiger partial charge < -0.3 is 15.2 Å². The largest absolute Gasteiger partial charge is 0.487 e. The molecule has 0 spiro atoms. The van der Waals surface area contributed by atoms with Crippen LogP contribution in [0.5, 0.6) is 5.75 Å². The number of carbonyl (C=O) groups excluding carboxylic acids is 1. The van der Waals surface area contributed by atoms with Crippen LogP contribution in [0.25, 0.3) is 10.8 Å². The van der Waals surface area contributed by atoms with Gasteiger partial charge >= 0.3 is 12.1 Å². The fourth-order valence-corrected chi connectivity index (χ4v) is 3.41. The second-order valence-corrected chi connectivity index (χ2v) is 8.90. The van der Waals surface area contributed by atoms with Crippen molar-refractivity contribution in [1.82, 2.24) is 5.32 Å². The molecule has 0 aromatic heterocycles. The van der Waals surface area contributed by atoms with Crippen molar-refractivity contribution in [2.45, 2.75) is 39.6 Å². The molecule has 0 radical (unpaired) electrons. The minimum atomic E-state index is -4.47. The Bertz CT molecular complexity index is 1210. The molecule has 2 N–H and O–H groups in total. The quantitative estimate of drug-likeness (QED) is 0.440. The number of rotatable bonds is 6. The van der Waals surface area contributed by atoms with Crippen molar-refractivity contribution >= 4 is 22.6 Å². The Morgan fingerprint density at radius 3 is 2.21 bits per heavy atom. The van der Waals surface area contributed by atoms with Crippen molar-refractivity contribution in [3.8, 4) is 5.75 Å². The predicted octanol–water partition coefficient (Wildman–Crippen LogP) is 5.81. The van der Waals surface area contributed by atoms with E-state index in [4.69, 9.17) is 4.74 Å². The van der Waals surface area contributed by atoms with Crippen LogP contribution >= 0.6 is 0 Å². The van der Waals surface area contributed by atoms with Crippen molar-refractivity contribution in [1.29, 1.82) is 0 Å². The van der Waals surface area contributed by atoms with E-state index in [0.717, 1.165) is 12.1 Å². The third-order valence-electron chi connectivity index (χ3n) is 5.23. The SMILES string of the molecule is CC(C)(C)[C@H](NC(=O)c1ccc2cc(F)ccc2c1OCc1ccc(C(F)(F)F)cc1)C(=O)O. The van der Waals surface area contributed by atoms with E-state index in [1.807, 2.05) is 0 Å². The Labute approximate surface area is 193 Å². The minimum Gasteiger partial charge on any atom is -0.487 e. The van der Waals surface area contributed by atoms with Gasteiger partial charge in [0.1, 0.15) is 24.2 Å². The second-order valence-electron chi connectivity index (χ2n) is 8.90. The van der Waals surface area contributed by atoms with Crippen molar-refractivity contribution < 1.29 is 37.0 Å². The maximum Gasteiger partial charge on any atom is 0.416 e. The highest BCUT2D eigenvalue weighted by atomic mass is 19.4. The number of alkyl halides is 3. The summed E-state index contributed by atoms with van der Waals surface area (Å²) < 4.78 is 58.0. The lowest BCUT2D eigenvalue weighted by Gasteiger charge is -2.28. The summed E-state index contributed by atoms with van der Waals surface area (Å²) in [4.78, 5) is 24.7. The first-order valence-corrected chi connectivity index (χ1v) is 10.3. The number of benzene rings is 3. The number of nitrogens with one attached hydrogen (secondary N) is 1. The molecule has 0 aliphatic rings. The maximum absolute atomic E-state index is 13.7. The van der Waals surface area contributed by atoms with Crippen LogP contribution < -0.4 is 10.1 Å². The molecule has 1 amide bonds. The molecule has 3 rings (SSSR count). The molecule has 34 heavy (non-hydrogen) atoms. The molecule has 5 nitrogen and oxygen atoms in total. The molecule has 3 aromatic carbocycles. The number of fused-ring (bicyclic) bond motifs is 1. The molecule has 0 aliphatic carbocycles. The van der Waals surface area contributed by atoms with E-state index in [9.17, 15) is 32.3 Å². The first-order chi connectivity index (χ1) is 15.8. The minimum absolute atomic E-state index is 0.0153. The van der Waals surface area contributed by atoms with Crippen LogP contribution in [0.4, 0.5) is 17.6 Å². The number of halogens is 4. The number of amides is 1. The number of ether oxygens (including phenoxy) is 1. The normalized spacial score (nSPS) is 12.9. The Balaban J connectivity index is 1.97. The van der Waals surface area contributed by atoms with Gasteiger partial charge in [-0.05, 0) is 52.8 Å². The number of hydrogen-bond acceptors (Lipinski definition) is 3. The average Bonchev–Trinajstić information content (AvgIpc) is 2.74. The van der Waals surface area contributed by atoms with Crippen LogP contribution in [0.3, 0.4) is 0 Å². The smallest absolute Gasteiger partial charge is 0.416 e. The van der Waals surface area contributed by atoms with Gasteiger partial charge in [0.05, 0.1) is 11.1 Å². The second kappa shape index (κ2) is 9.32. The van der Waals surface area contributed by atoms with Gasteiger partial charge in [-0.2, -0.15) is 13.2 Å². The van der Waals surface area contributed by atoms with Gasteiger partial charge in [0.15, 0.2) is 0 Å². The van der Waals surface area contributed by atoms with Crippen LogP contribution in [0.2, 0.25) is 0 Å². The van der Waals surface area contributed by atoms with Crippen LogP contribution in [0.1, 0.15) is 42.3 Å². The fourth-order valence-electron chi connectivity index (χ4n) is 3.41. The fraction of sp³-hybridized carbons (Fsp3) is 0.280. The Hall–Kier alpha value is -3.62. The summed E-state index contributed by atoms with van der Waals surface area (Å²) >= 11 is 0. The summed E-state index contributed by atoms with van der Waals surface area (Å²) in [6, 6.07) is 9.90. The highest BCUT2D eigenvalue weighted by molar-refractivity contribution is 6.05. The molecule has 0 fully saturated rings. The third kappa shape index (κ3) is 5.65. The van der Waals surface area contributed by atoms with Crippen molar-refractivity contribution in [3.05, 3.63) is 77.1 Å². The van der Waals surface area contributed by atoms with Crippen molar-refractivity contribution in [2.24, 2.45) is 5.41 Å². The number of hydrogen-bond donors (Lipinski definition) is 2. The van der Waals surface area contributed by atoms with Gasteiger partial charge in [-0.1, -0.05) is 39.0 Å². The highest BCUT2D eigenvalue weighted by Gasteiger charge is 2.34. The monoisotopic (exact) mass is 477 g/mol. The van der Waals surface area contributed by atoms with E-state index >= 15 is 0 Å². The maximum atomic E-state index is 13.7. The van der Waals surface area contributed by atoms with Crippen LogP contribution in [-0.2, 0) is 17.6 Å². The first-order valence-electron chi connectivity index (χ1n) is 10.3. The summed E-state index contributed by atoms with van der Waals surface area (Å²) in [5.74, 6) is -2.36. The summed E-state index contributed by atoms with van der Waals surface area (Å²) in [6.45, 7) is 4.82. The van der Waals surface area contributed by atoms with Gasteiger partial charge in [-0.3, -0.25) is 4.79 Å². The van der Waals surface area contributed by atoms with E-state index in [2.05, 4.69) is 5.32 Å². The molecule has 3 aromatic rings. The number of aliphatic carboxylic acids is 1. The lowest BCUT2D eigenvalue weighted by atomic mass is 9.86. The average molecular weight is 477 g/mol. The molecular formula is C25H23F4NO4. The summed E-state index contributed by atoms with van der Waals surface area (Å²) in [6.07, 6.45) is -4.47.